The van der Waals surface area contributed by atoms with E-state index in [0.29, 0.717) is 31.1 Å². The molecule has 0 heterocycles. The molecule has 4 aliphatic carbocycles. The molecule has 5 rings (SSSR count). The Bertz CT molecular complexity index is 793. The minimum atomic E-state index is -4.79. The minimum absolute atomic E-state index is 0.254. The van der Waals surface area contributed by atoms with Gasteiger partial charge in [-0.15, -0.1) is 13.2 Å². The Morgan fingerprint density at radius 1 is 1.10 bits per heavy atom. The first-order chi connectivity index (χ1) is 13.5. The molecule has 9 heteroatoms. The number of carbonyl (C=O) groups is 2. The Labute approximate surface area is 165 Å². The second kappa shape index (κ2) is 6.90. The zero-order valence-electron chi connectivity index (χ0n) is 15.6. The molecule has 0 spiro atoms. The van der Waals surface area contributed by atoms with E-state index in [1.165, 1.54) is 12.1 Å². The average molecular weight is 413 g/mol. The van der Waals surface area contributed by atoms with Crippen LogP contribution in [-0.2, 0) is 14.3 Å². The number of carbonyl (C=O) groups excluding carboxylic acids is 2. The summed E-state index contributed by atoms with van der Waals surface area (Å²) in [6, 6.07) is 4.67. The SMILES string of the molecule is O=C(COC(=O)C12C[C@@H]3C[C@@H](CC(O)(C3)C1)C2)Nc1ccc(OC(F)(F)F)cc1. The first kappa shape index (κ1) is 20.0. The molecule has 2 N–H and O–H groups in total. The average Bonchev–Trinajstić information content (AvgIpc) is 2.58. The predicted octanol–water partition coefficient (Wildman–Crippen LogP) is 3.40. The van der Waals surface area contributed by atoms with Crippen LogP contribution >= 0.6 is 0 Å². The molecule has 1 aromatic carbocycles. The van der Waals surface area contributed by atoms with Gasteiger partial charge in [0.1, 0.15) is 5.75 Å². The van der Waals surface area contributed by atoms with Crippen LogP contribution in [0.2, 0.25) is 0 Å². The first-order valence-electron chi connectivity index (χ1n) is 9.60. The summed E-state index contributed by atoms with van der Waals surface area (Å²) in [5.41, 5.74) is -1.26. The molecule has 4 aliphatic rings. The van der Waals surface area contributed by atoms with Gasteiger partial charge < -0.3 is 19.9 Å². The van der Waals surface area contributed by atoms with Crippen molar-refractivity contribution in [2.24, 2.45) is 17.3 Å². The number of benzene rings is 1. The van der Waals surface area contributed by atoms with Crippen molar-refractivity contribution in [2.45, 2.75) is 50.5 Å². The summed E-state index contributed by atoms with van der Waals surface area (Å²) in [6.07, 6.45) is -0.538. The summed E-state index contributed by atoms with van der Waals surface area (Å²) in [6.45, 7) is -0.491. The van der Waals surface area contributed by atoms with Crippen molar-refractivity contribution in [2.75, 3.05) is 11.9 Å². The summed E-state index contributed by atoms with van der Waals surface area (Å²) >= 11 is 0. The van der Waals surface area contributed by atoms with Gasteiger partial charge in [-0.2, -0.15) is 0 Å². The van der Waals surface area contributed by atoms with Crippen molar-refractivity contribution in [1.82, 2.24) is 0 Å². The molecule has 29 heavy (non-hydrogen) atoms. The normalized spacial score (nSPS) is 32.7. The number of rotatable bonds is 5. The molecule has 0 saturated heterocycles. The van der Waals surface area contributed by atoms with E-state index in [1.807, 2.05) is 0 Å². The third-order valence-corrected chi connectivity index (χ3v) is 6.17. The van der Waals surface area contributed by atoms with Crippen LogP contribution in [0, 0.1) is 17.3 Å². The van der Waals surface area contributed by atoms with E-state index in [0.717, 1.165) is 31.4 Å². The van der Waals surface area contributed by atoms with Gasteiger partial charge in [-0.1, -0.05) is 0 Å². The molecule has 0 aliphatic heterocycles. The summed E-state index contributed by atoms with van der Waals surface area (Å²) in [7, 11) is 0. The number of ether oxygens (including phenoxy) is 2. The van der Waals surface area contributed by atoms with Gasteiger partial charge in [-0.25, -0.2) is 0 Å². The molecular weight excluding hydrogens is 391 g/mol. The Kier molecular flexibility index (Phi) is 4.76. The van der Waals surface area contributed by atoms with Crippen LogP contribution in [0.1, 0.15) is 38.5 Å². The lowest BCUT2D eigenvalue weighted by Crippen LogP contribution is -2.58. The van der Waals surface area contributed by atoms with Crippen LogP contribution in [0.15, 0.2) is 24.3 Å². The van der Waals surface area contributed by atoms with Crippen LogP contribution in [0.4, 0.5) is 18.9 Å². The van der Waals surface area contributed by atoms with Gasteiger partial charge in [0.05, 0.1) is 11.0 Å². The summed E-state index contributed by atoms with van der Waals surface area (Å²) < 4.78 is 45.5. The second-order valence-electron chi connectivity index (χ2n) is 8.66. The molecule has 0 radical (unpaired) electrons. The number of hydrogen-bond donors (Lipinski definition) is 2. The van der Waals surface area contributed by atoms with Crippen molar-refractivity contribution < 1.29 is 37.3 Å². The number of nitrogens with one attached hydrogen (secondary N) is 1. The molecule has 1 amide bonds. The van der Waals surface area contributed by atoms with E-state index in [1.54, 1.807) is 0 Å². The molecule has 2 unspecified atom stereocenters. The maximum atomic E-state index is 12.7. The standard InChI is InChI=1S/C20H22F3NO5/c21-20(22,23)29-15-3-1-14(2-4-15)24-16(25)10-28-17(26)18-6-12-5-13(7-18)9-19(27,8-12)11-18/h1-4,12-13,27H,5-11H2,(H,24,25)/t12-,13+,18?,19?. The van der Waals surface area contributed by atoms with Crippen LogP contribution in [0.3, 0.4) is 0 Å². The van der Waals surface area contributed by atoms with E-state index >= 15 is 0 Å². The van der Waals surface area contributed by atoms with Crippen LogP contribution in [0.5, 0.6) is 5.75 Å². The molecule has 6 nitrogen and oxygen atoms in total. The number of halogens is 3. The van der Waals surface area contributed by atoms with Crippen molar-refractivity contribution in [3.63, 3.8) is 0 Å². The first-order valence-corrected chi connectivity index (χ1v) is 9.60. The quantitative estimate of drug-likeness (QED) is 0.723. The molecular formula is C20H22F3NO5. The van der Waals surface area contributed by atoms with Gasteiger partial charge in [-0.05, 0) is 74.6 Å². The van der Waals surface area contributed by atoms with E-state index in [4.69, 9.17) is 4.74 Å². The summed E-state index contributed by atoms with van der Waals surface area (Å²) in [5, 5.41) is 13.2. The van der Waals surface area contributed by atoms with Gasteiger partial charge in [0.2, 0.25) is 0 Å². The fourth-order valence-electron chi connectivity index (χ4n) is 5.67. The van der Waals surface area contributed by atoms with E-state index < -0.39 is 41.6 Å². The highest BCUT2D eigenvalue weighted by Gasteiger charge is 2.60. The lowest BCUT2D eigenvalue weighted by molar-refractivity contribution is -0.274. The molecule has 0 aromatic heterocycles. The van der Waals surface area contributed by atoms with Crippen molar-refractivity contribution in [3.05, 3.63) is 24.3 Å². The number of aliphatic hydroxyl groups is 1. The molecule has 4 fully saturated rings. The number of amides is 1. The zero-order valence-corrected chi connectivity index (χ0v) is 15.6. The van der Waals surface area contributed by atoms with Gasteiger partial charge in [0.25, 0.3) is 5.91 Å². The topological polar surface area (TPSA) is 84.9 Å². The predicted molar refractivity (Wildman–Crippen MR) is 94.8 cm³/mol. The Morgan fingerprint density at radius 3 is 2.28 bits per heavy atom. The maximum Gasteiger partial charge on any atom is 0.573 e. The third kappa shape index (κ3) is 4.34. The van der Waals surface area contributed by atoms with Crippen LogP contribution in [0.25, 0.3) is 0 Å². The molecule has 4 atom stereocenters. The summed E-state index contributed by atoms with van der Waals surface area (Å²) in [4.78, 5) is 24.8. The Balaban J connectivity index is 1.30. The van der Waals surface area contributed by atoms with E-state index in [2.05, 4.69) is 10.1 Å². The van der Waals surface area contributed by atoms with Crippen LogP contribution in [-0.4, -0.2) is 35.6 Å². The van der Waals surface area contributed by atoms with Gasteiger partial charge in [0, 0.05) is 5.69 Å². The Morgan fingerprint density at radius 2 is 1.72 bits per heavy atom. The number of hydrogen-bond acceptors (Lipinski definition) is 5. The molecule has 4 saturated carbocycles. The van der Waals surface area contributed by atoms with Crippen molar-refractivity contribution in [3.8, 4) is 5.75 Å². The lowest BCUT2D eigenvalue weighted by atomic mass is 9.48. The smallest absolute Gasteiger partial charge is 0.455 e. The molecule has 1 aromatic rings. The fraction of sp³-hybridized carbons (Fsp3) is 0.600. The van der Waals surface area contributed by atoms with Gasteiger partial charge in [-0.3, -0.25) is 9.59 Å². The highest BCUT2D eigenvalue weighted by molar-refractivity contribution is 5.93. The fourth-order valence-corrected chi connectivity index (χ4v) is 5.67. The monoisotopic (exact) mass is 413 g/mol. The highest BCUT2D eigenvalue weighted by atomic mass is 19.4. The van der Waals surface area contributed by atoms with Gasteiger partial charge in [0.15, 0.2) is 6.61 Å². The number of alkyl halides is 3. The summed E-state index contributed by atoms with van der Waals surface area (Å²) in [5.74, 6) is -0.804. The molecule has 158 valence electrons. The highest BCUT2D eigenvalue weighted by Crippen LogP contribution is 2.61. The van der Waals surface area contributed by atoms with Crippen LogP contribution < -0.4 is 10.1 Å². The Hall–Kier alpha value is -2.29. The third-order valence-electron chi connectivity index (χ3n) is 6.17. The lowest BCUT2D eigenvalue weighted by Gasteiger charge is -2.58. The van der Waals surface area contributed by atoms with Gasteiger partial charge >= 0.3 is 12.3 Å². The van der Waals surface area contributed by atoms with Crippen molar-refractivity contribution in [1.29, 1.82) is 0 Å². The van der Waals surface area contributed by atoms with E-state index in [-0.39, 0.29) is 5.69 Å². The molecule has 4 bridgehead atoms. The van der Waals surface area contributed by atoms with E-state index in [9.17, 15) is 27.9 Å². The zero-order chi connectivity index (χ0) is 20.9. The largest absolute Gasteiger partial charge is 0.573 e. The number of esters is 1. The van der Waals surface area contributed by atoms with Crippen molar-refractivity contribution >= 4 is 17.6 Å². The second-order valence-corrected chi connectivity index (χ2v) is 8.66. The number of anilines is 1. The maximum absolute atomic E-state index is 12.7. The minimum Gasteiger partial charge on any atom is -0.455 e.